The molecule has 0 aliphatic heterocycles. The number of aryl methyl sites for hydroxylation is 1. The summed E-state index contributed by atoms with van der Waals surface area (Å²) < 4.78 is 0. The van der Waals surface area contributed by atoms with Crippen molar-refractivity contribution in [1.29, 1.82) is 0 Å². The van der Waals surface area contributed by atoms with Crippen LogP contribution in [0.2, 0.25) is 0 Å². The first-order chi connectivity index (χ1) is 28.7. The van der Waals surface area contributed by atoms with E-state index in [9.17, 15) is 0 Å². The first kappa shape index (κ1) is 35.2. The maximum Gasteiger partial charge on any atom is 0.0726 e. The molecule has 1 heteroatoms. The minimum absolute atomic E-state index is 0.502. The van der Waals surface area contributed by atoms with Gasteiger partial charge in [0.25, 0.3) is 0 Å². The second kappa shape index (κ2) is 15.0. The smallest absolute Gasteiger partial charge is 0.0726 e. The Morgan fingerprint density at radius 1 is 0.310 bits per heavy atom. The van der Waals surface area contributed by atoms with Gasteiger partial charge in [-0.25, -0.2) is 0 Å². The molecule has 11 rings (SSSR count). The molecule has 0 radical (unpaired) electrons. The molecule has 0 amide bonds. The predicted octanol–water partition coefficient (Wildman–Crippen LogP) is 14.8. The summed E-state index contributed by atoms with van der Waals surface area (Å²) >= 11 is 0. The normalized spacial score (nSPS) is 12.4. The average molecular weight is 742 g/mol. The second-order valence-electron chi connectivity index (χ2n) is 15.3. The monoisotopic (exact) mass is 741 g/mol. The van der Waals surface area contributed by atoms with Gasteiger partial charge in [-0.3, -0.25) is 0 Å². The lowest BCUT2D eigenvalue weighted by Crippen LogP contribution is -2.29. The Hall–Kier alpha value is -7.22. The van der Waals surface area contributed by atoms with Gasteiger partial charge in [-0.1, -0.05) is 200 Å². The molecular formula is C57H43N. The van der Waals surface area contributed by atoms with Gasteiger partial charge in [0.05, 0.1) is 5.41 Å². The summed E-state index contributed by atoms with van der Waals surface area (Å²) in [6, 6.07) is 83.8. The van der Waals surface area contributed by atoms with E-state index in [1.54, 1.807) is 0 Å². The molecule has 0 saturated heterocycles. The van der Waals surface area contributed by atoms with E-state index in [1.807, 2.05) is 0 Å². The average Bonchev–Trinajstić information content (AvgIpc) is 3.51. The molecule has 0 heterocycles. The maximum absolute atomic E-state index is 2.47. The Bertz CT molecular complexity index is 2720. The van der Waals surface area contributed by atoms with Crippen LogP contribution in [-0.2, 0) is 11.8 Å². The minimum atomic E-state index is -0.502. The highest BCUT2D eigenvalue weighted by Gasteiger charge is 2.50. The van der Waals surface area contributed by atoms with Crippen molar-refractivity contribution in [2.24, 2.45) is 0 Å². The van der Waals surface area contributed by atoms with Gasteiger partial charge < -0.3 is 4.90 Å². The first-order valence-corrected chi connectivity index (χ1v) is 20.2. The van der Waals surface area contributed by atoms with Crippen LogP contribution in [0.3, 0.4) is 0 Å². The molecule has 0 bridgehead atoms. The number of fused-ring (bicyclic) bond motifs is 12. The van der Waals surface area contributed by atoms with Crippen LogP contribution in [0.25, 0.3) is 33.4 Å². The topological polar surface area (TPSA) is 3.24 Å². The molecule has 58 heavy (non-hydrogen) atoms. The zero-order chi connectivity index (χ0) is 38.9. The Balaban J connectivity index is 0.000000267. The maximum atomic E-state index is 2.47. The molecule has 1 nitrogen and oxygen atoms in total. The number of benzene rings is 9. The van der Waals surface area contributed by atoms with Gasteiger partial charge in [-0.15, -0.1) is 0 Å². The summed E-state index contributed by atoms with van der Waals surface area (Å²) in [5.41, 5.74) is 20.0. The number of hydrogen-bond acceptors (Lipinski definition) is 1. The van der Waals surface area contributed by atoms with Crippen LogP contribution in [0.4, 0.5) is 17.1 Å². The number of nitrogens with zero attached hydrogens (tertiary/aromatic N) is 1. The minimum Gasteiger partial charge on any atom is -0.310 e. The van der Waals surface area contributed by atoms with E-state index >= 15 is 0 Å². The van der Waals surface area contributed by atoms with Crippen molar-refractivity contribution >= 4 is 17.1 Å². The zero-order valence-electron chi connectivity index (χ0n) is 32.6. The van der Waals surface area contributed by atoms with Crippen molar-refractivity contribution in [2.75, 3.05) is 4.90 Å². The van der Waals surface area contributed by atoms with E-state index in [0.717, 1.165) is 23.5 Å². The summed E-state index contributed by atoms with van der Waals surface area (Å²) in [6.45, 7) is 2.22. The van der Waals surface area contributed by atoms with E-state index in [2.05, 4.69) is 242 Å². The van der Waals surface area contributed by atoms with Crippen LogP contribution in [0.15, 0.2) is 231 Å². The van der Waals surface area contributed by atoms with Gasteiger partial charge in [0.15, 0.2) is 0 Å². The molecule has 276 valence electrons. The van der Waals surface area contributed by atoms with Crippen molar-refractivity contribution in [3.8, 4) is 33.4 Å². The molecule has 0 fully saturated rings. The summed E-state index contributed by atoms with van der Waals surface area (Å²) in [7, 11) is 0. The predicted molar refractivity (Wildman–Crippen MR) is 243 cm³/mol. The zero-order valence-corrected chi connectivity index (χ0v) is 32.6. The summed E-state index contributed by atoms with van der Waals surface area (Å²) in [6.07, 6.45) is 1.03. The fourth-order valence-corrected chi connectivity index (χ4v) is 9.36. The summed E-state index contributed by atoms with van der Waals surface area (Å²) in [5, 5.41) is 0. The molecule has 0 unspecified atom stereocenters. The summed E-state index contributed by atoms with van der Waals surface area (Å²) in [5.74, 6) is 0. The third-order valence-corrected chi connectivity index (χ3v) is 11.8. The number of rotatable bonds is 5. The quantitative estimate of drug-likeness (QED) is 0.170. The molecule has 2 aliphatic rings. The molecule has 1 spiro atoms. The highest BCUT2D eigenvalue weighted by molar-refractivity contribution is 5.98. The SMILES string of the molecule is Cc1ccc2c(c1)C1(c3ccccc3-c3ccccc3-c3ccccc31)c1cc(N(c3ccccc3)c3ccccc3)ccc1-2.c1ccc(Cc2ccccc2)cc1. The van der Waals surface area contributed by atoms with Gasteiger partial charge >= 0.3 is 0 Å². The third-order valence-electron chi connectivity index (χ3n) is 11.8. The van der Waals surface area contributed by atoms with E-state index in [1.165, 1.54) is 72.3 Å². The van der Waals surface area contributed by atoms with E-state index in [4.69, 9.17) is 0 Å². The van der Waals surface area contributed by atoms with Crippen LogP contribution >= 0.6 is 0 Å². The molecule has 9 aromatic rings. The standard InChI is InChI=1S/C44H31N.C13H12/c1-30-24-26-38-39-27-25-33(45(31-14-4-2-5-15-31)32-16-6-3-7-17-32)29-43(39)44(42(38)28-30)40-22-12-10-20-36(40)34-18-8-9-19-35(34)37-21-11-13-23-41(37)44;1-3-7-12(8-4-1)11-13-9-5-2-6-10-13/h2-29H,1H3;1-10H,11H2. The molecule has 9 aromatic carbocycles. The van der Waals surface area contributed by atoms with Gasteiger partial charge in [0.2, 0.25) is 0 Å². The van der Waals surface area contributed by atoms with Gasteiger partial charge in [0.1, 0.15) is 0 Å². The Labute approximate surface area is 342 Å². The van der Waals surface area contributed by atoms with Crippen molar-refractivity contribution in [3.05, 3.63) is 269 Å². The van der Waals surface area contributed by atoms with Gasteiger partial charge in [-0.05, 0) is 117 Å². The van der Waals surface area contributed by atoms with Crippen molar-refractivity contribution < 1.29 is 0 Å². The Morgan fingerprint density at radius 2 is 0.690 bits per heavy atom. The first-order valence-electron chi connectivity index (χ1n) is 20.2. The molecule has 2 aliphatic carbocycles. The van der Waals surface area contributed by atoms with E-state index < -0.39 is 5.41 Å². The lowest BCUT2D eigenvalue weighted by Gasteiger charge is -2.36. The fraction of sp³-hybridized carbons (Fsp3) is 0.0526. The van der Waals surface area contributed by atoms with Crippen LogP contribution in [-0.4, -0.2) is 0 Å². The molecule has 0 N–H and O–H groups in total. The Morgan fingerprint density at radius 3 is 1.19 bits per heavy atom. The van der Waals surface area contributed by atoms with Crippen LogP contribution in [0, 0.1) is 6.92 Å². The van der Waals surface area contributed by atoms with Gasteiger partial charge in [0, 0.05) is 17.1 Å². The van der Waals surface area contributed by atoms with Crippen LogP contribution in [0.5, 0.6) is 0 Å². The van der Waals surface area contributed by atoms with E-state index in [-0.39, 0.29) is 0 Å². The van der Waals surface area contributed by atoms with E-state index in [0.29, 0.717) is 0 Å². The fourth-order valence-electron chi connectivity index (χ4n) is 9.36. The van der Waals surface area contributed by atoms with Crippen LogP contribution < -0.4 is 4.90 Å². The lowest BCUT2D eigenvalue weighted by atomic mass is 9.65. The summed E-state index contributed by atoms with van der Waals surface area (Å²) in [4.78, 5) is 2.38. The van der Waals surface area contributed by atoms with Crippen molar-refractivity contribution in [2.45, 2.75) is 18.8 Å². The van der Waals surface area contributed by atoms with Gasteiger partial charge in [-0.2, -0.15) is 0 Å². The van der Waals surface area contributed by atoms with Crippen LogP contribution in [0.1, 0.15) is 38.9 Å². The van der Waals surface area contributed by atoms with Crippen molar-refractivity contribution in [1.82, 2.24) is 0 Å². The number of hydrogen-bond donors (Lipinski definition) is 0. The molecule has 0 saturated carbocycles. The number of anilines is 3. The third kappa shape index (κ3) is 6.04. The highest BCUT2D eigenvalue weighted by Crippen LogP contribution is 2.62. The Kier molecular flexibility index (Phi) is 9.12. The molecule has 0 atom stereocenters. The van der Waals surface area contributed by atoms with Crippen molar-refractivity contribution in [3.63, 3.8) is 0 Å². The molecular weight excluding hydrogens is 699 g/mol. The molecule has 0 aromatic heterocycles. The highest BCUT2D eigenvalue weighted by atomic mass is 15.1. The number of para-hydroxylation sites is 2. The lowest BCUT2D eigenvalue weighted by molar-refractivity contribution is 0.774. The largest absolute Gasteiger partial charge is 0.310 e. The second-order valence-corrected chi connectivity index (χ2v) is 15.3.